The van der Waals surface area contributed by atoms with E-state index in [2.05, 4.69) is 19.8 Å². The summed E-state index contributed by atoms with van der Waals surface area (Å²) in [6.07, 6.45) is 8.13. The fourth-order valence-corrected chi connectivity index (χ4v) is 7.66. The minimum absolute atomic E-state index is 0.0405. The van der Waals surface area contributed by atoms with Crippen molar-refractivity contribution in [3.8, 4) is 12.3 Å². The van der Waals surface area contributed by atoms with Crippen molar-refractivity contribution < 1.29 is 13.2 Å². The van der Waals surface area contributed by atoms with Gasteiger partial charge in [0.1, 0.15) is 0 Å². The van der Waals surface area contributed by atoms with Crippen LogP contribution in [-0.2, 0) is 14.8 Å². The largest absolute Gasteiger partial charge is 0.274 e. The lowest BCUT2D eigenvalue weighted by atomic mass is 9.69. The van der Waals surface area contributed by atoms with Gasteiger partial charge in [-0.25, -0.2) is 12.7 Å². The zero-order valence-corrected chi connectivity index (χ0v) is 13.1. The van der Waals surface area contributed by atoms with Crippen molar-refractivity contribution in [2.45, 2.75) is 57.7 Å². The molecule has 110 valence electrons. The van der Waals surface area contributed by atoms with Gasteiger partial charge >= 0.3 is 0 Å². The van der Waals surface area contributed by atoms with Gasteiger partial charge in [0.25, 0.3) is 10.0 Å². The van der Waals surface area contributed by atoms with E-state index in [1.165, 1.54) is 0 Å². The lowest BCUT2D eigenvalue weighted by molar-refractivity contribution is -0.127. The Morgan fingerprint density at radius 2 is 2.05 bits per heavy atom. The first-order chi connectivity index (χ1) is 9.17. The molecule has 20 heavy (non-hydrogen) atoms. The van der Waals surface area contributed by atoms with Crippen molar-refractivity contribution in [1.82, 2.24) is 4.31 Å². The Hall–Kier alpha value is -1.02. The van der Waals surface area contributed by atoms with Crippen LogP contribution in [0, 0.1) is 29.1 Å². The molecular formula is C15H21NO3S. The summed E-state index contributed by atoms with van der Waals surface area (Å²) >= 11 is 0. The molecular weight excluding hydrogens is 274 g/mol. The zero-order valence-electron chi connectivity index (χ0n) is 12.3. The number of rotatable bonds is 2. The first-order valence-corrected chi connectivity index (χ1v) is 8.62. The van der Waals surface area contributed by atoms with Crippen LogP contribution in [0.3, 0.4) is 0 Å². The third kappa shape index (κ3) is 1.17. The molecule has 0 aromatic carbocycles. The van der Waals surface area contributed by atoms with E-state index in [0.29, 0.717) is 18.8 Å². The fourth-order valence-electron chi connectivity index (χ4n) is 4.81. The lowest BCUT2D eigenvalue weighted by Crippen LogP contribution is -2.42. The molecule has 3 rings (SSSR count). The molecule has 0 aromatic rings. The van der Waals surface area contributed by atoms with Crippen molar-refractivity contribution in [3.05, 3.63) is 0 Å². The monoisotopic (exact) mass is 295 g/mol. The molecule has 3 unspecified atom stereocenters. The van der Waals surface area contributed by atoms with Gasteiger partial charge in [0.2, 0.25) is 5.91 Å². The Kier molecular flexibility index (Phi) is 2.50. The Labute approximate surface area is 121 Å². The van der Waals surface area contributed by atoms with E-state index in [-0.39, 0.29) is 23.2 Å². The second kappa shape index (κ2) is 3.59. The Balaban J connectivity index is 2.00. The Bertz CT molecular complexity index is 630. The van der Waals surface area contributed by atoms with Crippen LogP contribution < -0.4 is 0 Å². The maximum Gasteiger partial charge on any atom is 0.264 e. The number of terminal acetylenes is 1. The van der Waals surface area contributed by atoms with Crippen LogP contribution in [0.25, 0.3) is 0 Å². The first-order valence-electron chi connectivity index (χ1n) is 7.18. The van der Waals surface area contributed by atoms with E-state index in [1.807, 2.05) is 6.92 Å². The fraction of sp³-hybridized carbons (Fsp3) is 0.800. The highest BCUT2D eigenvalue weighted by Gasteiger charge is 2.87. The second-order valence-corrected chi connectivity index (χ2v) is 9.14. The highest BCUT2D eigenvalue weighted by molar-refractivity contribution is 7.97. The van der Waals surface area contributed by atoms with Crippen LogP contribution in [0.2, 0.25) is 0 Å². The number of sulfonamides is 1. The second-order valence-electron chi connectivity index (χ2n) is 7.15. The lowest BCUT2D eigenvalue weighted by Gasteiger charge is -2.37. The summed E-state index contributed by atoms with van der Waals surface area (Å²) in [5.41, 5.74) is -0.378. The predicted octanol–water partition coefficient (Wildman–Crippen LogP) is 2.11. The average Bonchev–Trinajstić information content (AvgIpc) is 2.68. The van der Waals surface area contributed by atoms with Crippen LogP contribution in [0.5, 0.6) is 0 Å². The number of amides is 1. The van der Waals surface area contributed by atoms with Crippen molar-refractivity contribution >= 4 is 15.9 Å². The van der Waals surface area contributed by atoms with E-state index in [9.17, 15) is 13.2 Å². The molecule has 0 radical (unpaired) electrons. The van der Waals surface area contributed by atoms with E-state index < -0.39 is 14.9 Å². The molecule has 0 aromatic heterocycles. The van der Waals surface area contributed by atoms with Gasteiger partial charge in [-0.15, -0.1) is 12.3 Å². The zero-order chi connectivity index (χ0) is 15.0. The maximum atomic E-state index is 12.6. The van der Waals surface area contributed by atoms with E-state index >= 15 is 0 Å². The molecule has 3 aliphatic rings. The molecule has 1 aliphatic heterocycles. The Morgan fingerprint density at radius 1 is 1.40 bits per heavy atom. The molecule has 1 amide bonds. The van der Waals surface area contributed by atoms with Crippen molar-refractivity contribution in [2.75, 3.05) is 0 Å². The third-order valence-corrected chi connectivity index (χ3v) is 8.97. The average molecular weight is 295 g/mol. The molecule has 3 fully saturated rings. The van der Waals surface area contributed by atoms with Gasteiger partial charge in [0.05, 0.1) is 0 Å². The van der Waals surface area contributed by atoms with Crippen LogP contribution in [0.15, 0.2) is 0 Å². The molecule has 4 nitrogen and oxygen atoms in total. The van der Waals surface area contributed by atoms with Crippen LogP contribution in [0.4, 0.5) is 0 Å². The smallest absolute Gasteiger partial charge is 0.264 e. The molecule has 1 saturated heterocycles. The van der Waals surface area contributed by atoms with E-state index in [4.69, 9.17) is 6.42 Å². The molecule has 0 N–H and O–H groups in total. The summed E-state index contributed by atoms with van der Waals surface area (Å²) in [4.78, 5) is 11.3. The quantitative estimate of drug-likeness (QED) is 0.579. The first kappa shape index (κ1) is 13.9. The molecule has 1 spiro atoms. The van der Waals surface area contributed by atoms with Gasteiger partial charge in [-0.1, -0.05) is 20.8 Å². The summed E-state index contributed by atoms with van der Waals surface area (Å²) in [7, 11) is -3.47. The summed E-state index contributed by atoms with van der Waals surface area (Å²) < 4.78 is 26.3. The summed E-state index contributed by atoms with van der Waals surface area (Å²) in [5, 5.41) is 0. The highest BCUT2D eigenvalue weighted by atomic mass is 32.2. The minimum atomic E-state index is -3.47. The van der Waals surface area contributed by atoms with Gasteiger partial charge in [0, 0.05) is 18.3 Å². The van der Waals surface area contributed by atoms with Gasteiger partial charge < -0.3 is 0 Å². The van der Waals surface area contributed by atoms with Crippen molar-refractivity contribution in [2.24, 2.45) is 16.7 Å². The highest BCUT2D eigenvalue weighted by Crippen LogP contribution is 2.78. The molecule has 3 atom stereocenters. The molecule has 2 aliphatic carbocycles. The van der Waals surface area contributed by atoms with E-state index in [1.54, 1.807) is 0 Å². The maximum absolute atomic E-state index is 12.6. The normalized spacial score (nSPS) is 42.7. The van der Waals surface area contributed by atoms with Gasteiger partial charge in [0.15, 0.2) is 4.87 Å². The number of fused-ring (bicyclic) bond motifs is 3. The number of hydrogen-bond acceptors (Lipinski definition) is 3. The summed E-state index contributed by atoms with van der Waals surface area (Å²) in [6.45, 7) is 6.35. The SMILES string of the molecule is C#CCCC(=O)N1C2(CC3CCC2(C)C3(C)C)S1(=O)=O. The van der Waals surface area contributed by atoms with Gasteiger partial charge in [-0.3, -0.25) is 4.79 Å². The van der Waals surface area contributed by atoms with Crippen molar-refractivity contribution in [3.63, 3.8) is 0 Å². The molecule has 5 heteroatoms. The van der Waals surface area contributed by atoms with Crippen LogP contribution >= 0.6 is 0 Å². The minimum Gasteiger partial charge on any atom is -0.274 e. The van der Waals surface area contributed by atoms with Crippen LogP contribution in [0.1, 0.15) is 52.9 Å². The summed E-state index contributed by atoms with van der Waals surface area (Å²) in [6, 6.07) is 0. The van der Waals surface area contributed by atoms with Gasteiger partial charge in [-0.2, -0.15) is 0 Å². The Morgan fingerprint density at radius 3 is 2.50 bits per heavy atom. The molecule has 2 bridgehead atoms. The van der Waals surface area contributed by atoms with Crippen molar-refractivity contribution in [1.29, 1.82) is 0 Å². The molecule has 2 saturated carbocycles. The number of hydrogen-bond donors (Lipinski definition) is 0. The molecule has 1 heterocycles. The third-order valence-electron chi connectivity index (χ3n) is 6.49. The topological polar surface area (TPSA) is 54.2 Å². The number of carbonyl (C=O) groups is 1. The number of carbonyl (C=O) groups excluding carboxylic acids is 1. The van der Waals surface area contributed by atoms with Gasteiger partial charge in [-0.05, 0) is 30.6 Å². The van der Waals surface area contributed by atoms with E-state index in [0.717, 1.165) is 17.1 Å². The summed E-state index contributed by atoms with van der Waals surface area (Å²) in [5.74, 6) is 2.46. The van der Waals surface area contributed by atoms with Crippen LogP contribution in [-0.4, -0.2) is 23.5 Å². The standard InChI is InChI=1S/C15H21NO3S/c1-5-6-7-12(17)16-15(20(16,18)19)10-11-8-9-14(15,4)13(11,2)3/h1,11H,6-10H2,2-4H3. The predicted molar refractivity (Wildman–Crippen MR) is 75.8 cm³/mol. The number of nitrogens with zero attached hydrogens (tertiary/aromatic N) is 1.